The highest BCUT2D eigenvalue weighted by Crippen LogP contribution is 2.32. The number of fused-ring (bicyclic) bond motifs is 1. The van der Waals surface area contributed by atoms with E-state index in [0.29, 0.717) is 0 Å². The zero-order valence-corrected chi connectivity index (χ0v) is 10.3. The molecule has 2 rings (SSSR count). The van der Waals surface area contributed by atoms with Crippen LogP contribution in [0.15, 0.2) is 18.2 Å². The van der Waals surface area contributed by atoms with Crippen LogP contribution in [0.3, 0.4) is 0 Å². The maximum absolute atomic E-state index is 9.20. The van der Waals surface area contributed by atoms with Gasteiger partial charge in [-0.05, 0) is 29.5 Å². The molecule has 0 aliphatic carbocycles. The van der Waals surface area contributed by atoms with Crippen LogP contribution in [-0.2, 0) is 11.9 Å². The molecule has 1 aromatic carbocycles. The van der Waals surface area contributed by atoms with Gasteiger partial charge in [-0.1, -0.05) is 28.1 Å². The molecule has 0 fully saturated rings. The van der Waals surface area contributed by atoms with E-state index < -0.39 is 0 Å². The molecule has 0 saturated heterocycles. The van der Waals surface area contributed by atoms with Gasteiger partial charge in [0.1, 0.15) is 0 Å². The first kappa shape index (κ1) is 10.1. The first-order valence-electron chi connectivity index (χ1n) is 4.44. The summed E-state index contributed by atoms with van der Waals surface area (Å²) in [6, 6.07) is 6.23. The van der Waals surface area contributed by atoms with Crippen molar-refractivity contribution < 1.29 is 5.11 Å². The molecule has 0 atom stereocenters. The van der Waals surface area contributed by atoms with Crippen molar-refractivity contribution in [3.05, 3.63) is 34.2 Å². The van der Waals surface area contributed by atoms with Crippen molar-refractivity contribution in [2.75, 3.05) is 0 Å². The lowest BCUT2D eigenvalue weighted by Crippen LogP contribution is -1.84. The van der Waals surface area contributed by atoms with Gasteiger partial charge in [0.25, 0.3) is 0 Å². The van der Waals surface area contributed by atoms with Crippen molar-refractivity contribution in [2.45, 2.75) is 18.9 Å². The molecule has 0 amide bonds. The molecule has 1 aromatic heterocycles. The number of alkyl halides is 1. The lowest BCUT2D eigenvalue weighted by Gasteiger charge is -2.00. The van der Waals surface area contributed by atoms with Gasteiger partial charge in [0.15, 0.2) is 0 Å². The minimum Gasteiger partial charge on any atom is -0.392 e. The molecule has 0 radical (unpaired) electrons. The monoisotopic (exact) mass is 270 g/mol. The maximum atomic E-state index is 9.20. The lowest BCUT2D eigenvalue weighted by atomic mass is 10.1. The highest BCUT2D eigenvalue weighted by atomic mass is 79.9. The third kappa shape index (κ3) is 1.60. The van der Waals surface area contributed by atoms with Crippen LogP contribution in [0.2, 0.25) is 0 Å². The summed E-state index contributed by atoms with van der Waals surface area (Å²) in [6.45, 7) is 2.23. The average molecular weight is 271 g/mol. The predicted molar refractivity (Wildman–Crippen MR) is 65.1 cm³/mol. The summed E-state index contributed by atoms with van der Waals surface area (Å²) in [5, 5.41) is 11.3. The number of rotatable bonds is 2. The number of halogens is 1. The van der Waals surface area contributed by atoms with Crippen LogP contribution in [0.1, 0.15) is 16.0 Å². The summed E-state index contributed by atoms with van der Waals surface area (Å²) < 4.78 is 1.30. The van der Waals surface area contributed by atoms with Crippen LogP contribution in [0, 0.1) is 6.92 Å². The third-order valence-corrected chi connectivity index (χ3v) is 4.57. The predicted octanol–water partition coefficient (Wildman–Crippen LogP) is 3.60. The molecule has 3 heteroatoms. The molecule has 2 aromatic rings. The van der Waals surface area contributed by atoms with E-state index in [4.69, 9.17) is 0 Å². The SMILES string of the molecule is Cc1ccc(CO)c2cc(CBr)sc12. The smallest absolute Gasteiger partial charge is 0.0688 e. The average Bonchev–Trinajstić information content (AvgIpc) is 2.63. The molecule has 0 aliphatic rings. The molecule has 0 aliphatic heterocycles. The van der Waals surface area contributed by atoms with Crippen LogP contribution in [0.5, 0.6) is 0 Å². The summed E-state index contributed by atoms with van der Waals surface area (Å²) in [5.41, 5.74) is 2.31. The number of aliphatic hydroxyl groups is 1. The summed E-state index contributed by atoms with van der Waals surface area (Å²) in [5.74, 6) is 0. The highest BCUT2D eigenvalue weighted by Gasteiger charge is 2.07. The van der Waals surface area contributed by atoms with Crippen LogP contribution in [-0.4, -0.2) is 5.11 Å². The van der Waals surface area contributed by atoms with Crippen LogP contribution in [0.25, 0.3) is 10.1 Å². The minimum atomic E-state index is 0.120. The molecule has 74 valence electrons. The molecule has 1 heterocycles. The van der Waals surface area contributed by atoms with Gasteiger partial charge in [-0.3, -0.25) is 0 Å². The van der Waals surface area contributed by atoms with Gasteiger partial charge in [0.05, 0.1) is 6.61 Å². The summed E-state index contributed by atoms with van der Waals surface area (Å²) >= 11 is 5.25. The molecule has 1 N–H and O–H groups in total. The first-order chi connectivity index (χ1) is 6.76. The van der Waals surface area contributed by atoms with Gasteiger partial charge in [0, 0.05) is 14.9 Å². The normalized spacial score (nSPS) is 11.1. The summed E-state index contributed by atoms with van der Waals surface area (Å²) in [6.07, 6.45) is 0. The number of benzene rings is 1. The number of aryl methyl sites for hydroxylation is 1. The van der Waals surface area contributed by atoms with Crippen LogP contribution < -0.4 is 0 Å². The molecule has 1 nitrogen and oxygen atoms in total. The summed E-state index contributed by atoms with van der Waals surface area (Å²) in [7, 11) is 0. The Bertz CT molecular complexity index is 462. The second-order valence-corrected chi connectivity index (χ2v) is 4.99. The number of hydrogen-bond acceptors (Lipinski definition) is 2. The van der Waals surface area contributed by atoms with Crippen molar-refractivity contribution in [3.8, 4) is 0 Å². The van der Waals surface area contributed by atoms with Gasteiger partial charge in [-0.15, -0.1) is 11.3 Å². The Labute approximate surface area is 95.5 Å². The van der Waals surface area contributed by atoms with Crippen molar-refractivity contribution in [3.63, 3.8) is 0 Å². The fourth-order valence-electron chi connectivity index (χ4n) is 1.57. The Morgan fingerprint density at radius 1 is 1.43 bits per heavy atom. The van der Waals surface area contributed by atoms with E-state index in [9.17, 15) is 5.11 Å². The highest BCUT2D eigenvalue weighted by molar-refractivity contribution is 9.08. The molecular weight excluding hydrogens is 260 g/mol. The van der Waals surface area contributed by atoms with E-state index in [-0.39, 0.29) is 6.61 Å². The van der Waals surface area contributed by atoms with Crippen molar-refractivity contribution in [1.82, 2.24) is 0 Å². The van der Waals surface area contributed by atoms with Gasteiger partial charge in [-0.2, -0.15) is 0 Å². The Morgan fingerprint density at radius 2 is 2.21 bits per heavy atom. The molecular formula is C11H11BrOS. The number of hydrogen-bond donors (Lipinski definition) is 1. The van der Waals surface area contributed by atoms with E-state index in [1.54, 1.807) is 11.3 Å². The van der Waals surface area contributed by atoms with Crippen molar-refractivity contribution >= 4 is 37.4 Å². The van der Waals surface area contributed by atoms with E-state index in [1.807, 2.05) is 6.07 Å². The van der Waals surface area contributed by atoms with E-state index in [0.717, 1.165) is 10.9 Å². The quantitative estimate of drug-likeness (QED) is 0.827. The third-order valence-electron chi connectivity index (χ3n) is 2.32. The molecule has 0 bridgehead atoms. The Balaban J connectivity index is 2.74. The second-order valence-electron chi connectivity index (χ2n) is 3.29. The van der Waals surface area contributed by atoms with Gasteiger partial charge >= 0.3 is 0 Å². The molecule has 14 heavy (non-hydrogen) atoms. The number of aliphatic hydroxyl groups excluding tert-OH is 1. The fraction of sp³-hybridized carbons (Fsp3) is 0.273. The Kier molecular flexibility index (Phi) is 2.91. The van der Waals surface area contributed by atoms with Crippen LogP contribution in [0.4, 0.5) is 0 Å². The van der Waals surface area contributed by atoms with Gasteiger partial charge < -0.3 is 5.11 Å². The molecule has 0 unspecified atom stereocenters. The van der Waals surface area contributed by atoms with Gasteiger partial charge in [0.2, 0.25) is 0 Å². The van der Waals surface area contributed by atoms with Crippen LogP contribution >= 0.6 is 27.3 Å². The standard InChI is InChI=1S/C11H11BrOS/c1-7-2-3-8(6-13)10-4-9(5-12)14-11(7)10/h2-4,13H,5-6H2,1H3. The maximum Gasteiger partial charge on any atom is 0.0688 e. The zero-order valence-electron chi connectivity index (χ0n) is 7.88. The van der Waals surface area contributed by atoms with Gasteiger partial charge in [-0.25, -0.2) is 0 Å². The first-order valence-corrected chi connectivity index (χ1v) is 6.37. The van der Waals surface area contributed by atoms with Crippen molar-refractivity contribution in [1.29, 1.82) is 0 Å². The van der Waals surface area contributed by atoms with E-state index >= 15 is 0 Å². The second kappa shape index (κ2) is 4.01. The summed E-state index contributed by atoms with van der Waals surface area (Å²) in [4.78, 5) is 1.31. The van der Waals surface area contributed by atoms with Crippen molar-refractivity contribution in [2.24, 2.45) is 0 Å². The number of thiophene rings is 1. The lowest BCUT2D eigenvalue weighted by molar-refractivity contribution is 0.283. The fourth-order valence-corrected chi connectivity index (χ4v) is 3.10. The largest absolute Gasteiger partial charge is 0.392 e. The zero-order chi connectivity index (χ0) is 10.1. The molecule has 0 spiro atoms. The minimum absolute atomic E-state index is 0.120. The Hall–Kier alpha value is -0.380. The topological polar surface area (TPSA) is 20.2 Å². The van der Waals surface area contributed by atoms with E-state index in [2.05, 4.69) is 35.0 Å². The van der Waals surface area contributed by atoms with E-state index in [1.165, 1.54) is 20.5 Å². The molecule has 0 saturated carbocycles. The Morgan fingerprint density at radius 3 is 2.86 bits per heavy atom.